The van der Waals surface area contributed by atoms with Crippen LogP contribution in [0.3, 0.4) is 0 Å². The molecule has 0 amide bonds. The Morgan fingerprint density at radius 1 is 1.28 bits per heavy atom. The van der Waals surface area contributed by atoms with Crippen molar-refractivity contribution >= 4 is 0 Å². The Morgan fingerprint density at radius 2 is 2.17 bits per heavy atom. The molecule has 4 nitrogen and oxygen atoms in total. The molecule has 1 saturated heterocycles. The number of hydrogen-bond donors (Lipinski definition) is 0. The number of rotatable bonds is 2. The van der Waals surface area contributed by atoms with Crippen molar-refractivity contribution in [3.8, 4) is 0 Å². The van der Waals surface area contributed by atoms with Crippen LogP contribution in [0.4, 0.5) is 0 Å². The average molecular weight is 248 g/mol. The molecular weight excluding hydrogens is 224 g/mol. The summed E-state index contributed by atoms with van der Waals surface area (Å²) in [6, 6.07) is 0.542. The molecule has 1 aromatic rings. The Bertz CT molecular complexity index is 412. The van der Waals surface area contributed by atoms with Gasteiger partial charge in [0.2, 0.25) is 0 Å². The van der Waals surface area contributed by atoms with Crippen LogP contribution in [0.25, 0.3) is 0 Å². The van der Waals surface area contributed by atoms with Gasteiger partial charge in [-0.15, -0.1) is 0 Å². The van der Waals surface area contributed by atoms with E-state index in [1.165, 1.54) is 38.1 Å². The van der Waals surface area contributed by atoms with E-state index in [1.807, 2.05) is 0 Å². The van der Waals surface area contributed by atoms with E-state index in [4.69, 9.17) is 10.1 Å². The van der Waals surface area contributed by atoms with Crippen LogP contribution in [-0.2, 0) is 6.42 Å². The summed E-state index contributed by atoms with van der Waals surface area (Å²) >= 11 is 0. The summed E-state index contributed by atoms with van der Waals surface area (Å²) in [5, 5.41) is 4.80. The largest absolute Gasteiger partial charge is 0.303 e. The maximum atomic E-state index is 4.82. The van der Waals surface area contributed by atoms with E-state index < -0.39 is 0 Å². The molecule has 3 rings (SSSR count). The topological polar surface area (TPSA) is 34.0 Å². The van der Waals surface area contributed by atoms with E-state index in [0.29, 0.717) is 12.0 Å². The summed E-state index contributed by atoms with van der Waals surface area (Å²) in [5.41, 5.74) is 0. The lowest BCUT2D eigenvalue weighted by Crippen LogP contribution is -2.34. The van der Waals surface area contributed by atoms with E-state index in [0.717, 1.165) is 25.3 Å². The number of hydrogen-bond acceptors (Lipinski definition) is 3. The lowest BCUT2D eigenvalue weighted by atomic mass is 9.97. The van der Waals surface area contributed by atoms with Crippen molar-refractivity contribution < 1.29 is 0 Å². The van der Waals surface area contributed by atoms with Crippen molar-refractivity contribution in [3.63, 3.8) is 0 Å². The van der Waals surface area contributed by atoms with E-state index in [-0.39, 0.29) is 0 Å². The molecule has 0 aliphatic carbocycles. The number of likely N-dealkylation sites (N-methyl/N-ethyl adjacent to an activating group) is 1. The minimum Gasteiger partial charge on any atom is -0.303 e. The van der Waals surface area contributed by atoms with E-state index >= 15 is 0 Å². The molecule has 0 N–H and O–H groups in total. The lowest BCUT2D eigenvalue weighted by molar-refractivity contribution is 0.213. The van der Waals surface area contributed by atoms with Gasteiger partial charge in [0, 0.05) is 18.9 Å². The first-order valence-corrected chi connectivity index (χ1v) is 7.45. The van der Waals surface area contributed by atoms with Crippen molar-refractivity contribution in [2.45, 2.75) is 57.9 Å². The summed E-state index contributed by atoms with van der Waals surface area (Å²) in [4.78, 5) is 7.34. The Labute approximate surface area is 109 Å². The molecule has 2 aliphatic rings. The van der Waals surface area contributed by atoms with E-state index in [9.17, 15) is 0 Å². The van der Waals surface area contributed by atoms with Crippen LogP contribution in [0.15, 0.2) is 0 Å². The maximum absolute atomic E-state index is 4.82. The molecule has 0 saturated carbocycles. The smallest absolute Gasteiger partial charge is 0.155 e. The van der Waals surface area contributed by atoms with Crippen molar-refractivity contribution in [3.05, 3.63) is 11.6 Å². The van der Waals surface area contributed by atoms with Gasteiger partial charge in [-0.05, 0) is 45.7 Å². The molecule has 1 aromatic heterocycles. The molecule has 18 heavy (non-hydrogen) atoms. The predicted octanol–water partition coefficient (Wildman–Crippen LogP) is 2.37. The van der Waals surface area contributed by atoms with Crippen molar-refractivity contribution in [1.82, 2.24) is 19.7 Å². The highest BCUT2D eigenvalue weighted by atomic mass is 15.4. The number of aromatic nitrogens is 3. The SMILES string of the molecule is CCN1CCCC(c2nc3n(n2)C(C)CCC3)C1. The molecular formula is C14H24N4. The van der Waals surface area contributed by atoms with Gasteiger partial charge in [-0.1, -0.05) is 6.92 Å². The fourth-order valence-corrected chi connectivity index (χ4v) is 3.30. The molecule has 0 bridgehead atoms. The van der Waals surface area contributed by atoms with E-state index in [1.54, 1.807) is 0 Å². The summed E-state index contributed by atoms with van der Waals surface area (Å²) in [5.74, 6) is 2.89. The molecule has 3 heterocycles. The molecule has 2 atom stereocenters. The second-order valence-corrected chi connectivity index (χ2v) is 5.80. The fraction of sp³-hybridized carbons (Fsp3) is 0.857. The van der Waals surface area contributed by atoms with Gasteiger partial charge >= 0.3 is 0 Å². The minimum absolute atomic E-state index is 0.542. The normalized spacial score (nSPS) is 29.2. The van der Waals surface area contributed by atoms with Crippen LogP contribution < -0.4 is 0 Å². The monoisotopic (exact) mass is 248 g/mol. The minimum atomic E-state index is 0.542. The number of likely N-dealkylation sites (tertiary alicyclic amines) is 1. The van der Waals surface area contributed by atoms with Crippen LogP contribution in [0.1, 0.15) is 63.1 Å². The number of fused-ring (bicyclic) bond motifs is 1. The fourth-order valence-electron chi connectivity index (χ4n) is 3.30. The second-order valence-electron chi connectivity index (χ2n) is 5.80. The zero-order valence-electron chi connectivity index (χ0n) is 11.6. The van der Waals surface area contributed by atoms with Crippen LogP contribution in [0, 0.1) is 0 Å². The molecule has 2 aliphatic heterocycles. The molecule has 0 aromatic carbocycles. The van der Waals surface area contributed by atoms with Crippen LogP contribution in [0.2, 0.25) is 0 Å². The standard InChI is InChI=1S/C14H24N4/c1-3-17-9-5-7-12(10-17)14-15-13-8-4-6-11(2)18(13)16-14/h11-12H,3-10H2,1-2H3. The van der Waals surface area contributed by atoms with Gasteiger partial charge in [0.25, 0.3) is 0 Å². The molecule has 4 heteroatoms. The highest BCUT2D eigenvalue weighted by Crippen LogP contribution is 2.28. The zero-order chi connectivity index (χ0) is 12.5. The van der Waals surface area contributed by atoms with Gasteiger partial charge in [-0.25, -0.2) is 9.67 Å². The van der Waals surface area contributed by atoms with Gasteiger partial charge in [-0.3, -0.25) is 0 Å². The first kappa shape index (κ1) is 12.2. The van der Waals surface area contributed by atoms with Gasteiger partial charge in [0.1, 0.15) is 5.82 Å². The third kappa shape index (κ3) is 2.18. The van der Waals surface area contributed by atoms with Crippen LogP contribution in [-0.4, -0.2) is 39.3 Å². The number of aryl methyl sites for hydroxylation is 1. The Balaban J connectivity index is 1.80. The number of nitrogens with zero attached hydrogens (tertiary/aromatic N) is 4. The van der Waals surface area contributed by atoms with Crippen LogP contribution >= 0.6 is 0 Å². The summed E-state index contributed by atoms with van der Waals surface area (Å²) in [7, 11) is 0. The third-order valence-corrected chi connectivity index (χ3v) is 4.48. The second kappa shape index (κ2) is 5.00. The average Bonchev–Trinajstić information content (AvgIpc) is 2.84. The van der Waals surface area contributed by atoms with Crippen molar-refractivity contribution in [2.24, 2.45) is 0 Å². The van der Waals surface area contributed by atoms with Gasteiger partial charge in [-0.2, -0.15) is 5.10 Å². The molecule has 2 unspecified atom stereocenters. The molecule has 100 valence electrons. The summed E-state index contributed by atoms with van der Waals surface area (Å²) < 4.78 is 2.18. The zero-order valence-corrected chi connectivity index (χ0v) is 11.6. The summed E-state index contributed by atoms with van der Waals surface area (Å²) in [6.07, 6.45) is 6.18. The molecule has 0 radical (unpaired) electrons. The number of piperidine rings is 1. The lowest BCUT2D eigenvalue weighted by Gasteiger charge is -2.30. The summed E-state index contributed by atoms with van der Waals surface area (Å²) in [6.45, 7) is 8.06. The highest BCUT2D eigenvalue weighted by Gasteiger charge is 2.27. The maximum Gasteiger partial charge on any atom is 0.155 e. The Kier molecular flexibility index (Phi) is 3.37. The van der Waals surface area contributed by atoms with Crippen molar-refractivity contribution in [2.75, 3.05) is 19.6 Å². The quantitative estimate of drug-likeness (QED) is 0.806. The predicted molar refractivity (Wildman–Crippen MR) is 71.8 cm³/mol. The first-order chi connectivity index (χ1) is 8.78. The van der Waals surface area contributed by atoms with Crippen LogP contribution in [0.5, 0.6) is 0 Å². The van der Waals surface area contributed by atoms with Gasteiger partial charge in [0.05, 0.1) is 6.04 Å². The Morgan fingerprint density at radius 3 is 2.94 bits per heavy atom. The van der Waals surface area contributed by atoms with E-state index in [2.05, 4.69) is 23.4 Å². The molecule has 1 fully saturated rings. The van der Waals surface area contributed by atoms with Gasteiger partial charge in [0.15, 0.2) is 5.82 Å². The third-order valence-electron chi connectivity index (χ3n) is 4.48. The molecule has 0 spiro atoms. The highest BCUT2D eigenvalue weighted by molar-refractivity contribution is 5.04. The Hall–Kier alpha value is -0.900. The van der Waals surface area contributed by atoms with Crippen molar-refractivity contribution in [1.29, 1.82) is 0 Å². The first-order valence-electron chi connectivity index (χ1n) is 7.45. The van der Waals surface area contributed by atoms with Gasteiger partial charge < -0.3 is 4.90 Å².